The average molecular weight is 302 g/mol. The van der Waals surface area contributed by atoms with Crippen molar-refractivity contribution >= 4 is 16.7 Å². The van der Waals surface area contributed by atoms with Crippen LogP contribution in [0.4, 0.5) is 5.69 Å². The fourth-order valence-corrected chi connectivity index (χ4v) is 2.55. The topological polar surface area (TPSA) is 93.4 Å². The lowest BCUT2D eigenvalue weighted by Crippen LogP contribution is -1.97. The number of hydrogen-bond donors (Lipinski definition) is 2. The number of rotatable bonds is 2. The van der Waals surface area contributed by atoms with E-state index in [-0.39, 0.29) is 0 Å². The van der Waals surface area contributed by atoms with E-state index in [0.717, 1.165) is 33.7 Å². The lowest BCUT2D eigenvalue weighted by Gasteiger charge is -2.09. The Labute approximate surface area is 132 Å². The van der Waals surface area contributed by atoms with Gasteiger partial charge in [-0.25, -0.2) is 9.97 Å². The summed E-state index contributed by atoms with van der Waals surface area (Å²) >= 11 is 0. The minimum atomic E-state index is 0.592. The second-order valence-corrected chi connectivity index (χ2v) is 5.32. The molecular formula is C17H14N6. The molecule has 0 aliphatic heterocycles. The Morgan fingerprint density at radius 3 is 2.70 bits per heavy atom. The normalized spacial score (nSPS) is 11.0. The molecule has 0 amide bonds. The van der Waals surface area contributed by atoms with Crippen LogP contribution < -0.4 is 5.73 Å². The van der Waals surface area contributed by atoms with E-state index >= 15 is 0 Å². The standard InChI is InChI=1S/C17H14N6/c1-10-4-6-19-9-11(10)16-8-12(18)17-15(21-16)3-2-13(22-17)14-5-7-20-23-14/h2-9H,1H3,(H2,18,21)(H,20,23). The third kappa shape index (κ3) is 2.30. The molecule has 4 aromatic rings. The van der Waals surface area contributed by atoms with Gasteiger partial charge in [-0.2, -0.15) is 5.10 Å². The Morgan fingerprint density at radius 2 is 1.91 bits per heavy atom. The Balaban J connectivity index is 1.89. The largest absolute Gasteiger partial charge is 0.397 e. The van der Waals surface area contributed by atoms with Gasteiger partial charge in [0, 0.05) is 24.2 Å². The Hall–Kier alpha value is -3.28. The van der Waals surface area contributed by atoms with Crippen molar-refractivity contribution in [3.8, 4) is 22.6 Å². The summed E-state index contributed by atoms with van der Waals surface area (Å²) in [5, 5.41) is 6.85. The molecule has 112 valence electrons. The third-order valence-electron chi connectivity index (χ3n) is 3.77. The summed E-state index contributed by atoms with van der Waals surface area (Å²) < 4.78 is 0. The highest BCUT2D eigenvalue weighted by Gasteiger charge is 2.10. The number of fused-ring (bicyclic) bond motifs is 1. The van der Waals surface area contributed by atoms with Crippen LogP contribution in [-0.4, -0.2) is 25.1 Å². The van der Waals surface area contributed by atoms with Gasteiger partial charge in [-0.15, -0.1) is 0 Å². The molecule has 4 aromatic heterocycles. The molecule has 3 N–H and O–H groups in total. The molecule has 0 aromatic carbocycles. The molecular weight excluding hydrogens is 288 g/mol. The average Bonchev–Trinajstić information content (AvgIpc) is 3.09. The molecule has 23 heavy (non-hydrogen) atoms. The van der Waals surface area contributed by atoms with Crippen molar-refractivity contribution in [3.05, 3.63) is 54.5 Å². The quantitative estimate of drug-likeness (QED) is 0.593. The molecule has 4 heterocycles. The molecule has 0 aliphatic rings. The Kier molecular flexibility index (Phi) is 3.01. The predicted molar refractivity (Wildman–Crippen MR) is 89.5 cm³/mol. The zero-order valence-electron chi connectivity index (χ0n) is 12.5. The van der Waals surface area contributed by atoms with Crippen molar-refractivity contribution in [3.63, 3.8) is 0 Å². The van der Waals surface area contributed by atoms with E-state index in [1.165, 1.54) is 0 Å². The highest BCUT2D eigenvalue weighted by atomic mass is 15.1. The summed E-state index contributed by atoms with van der Waals surface area (Å²) in [6.45, 7) is 2.03. The predicted octanol–water partition coefficient (Wildman–Crippen LogP) is 2.97. The Morgan fingerprint density at radius 1 is 1.00 bits per heavy atom. The van der Waals surface area contributed by atoms with Crippen molar-refractivity contribution in [1.29, 1.82) is 0 Å². The molecule has 0 unspecified atom stereocenters. The molecule has 0 saturated heterocycles. The first-order chi connectivity index (χ1) is 11.2. The highest BCUT2D eigenvalue weighted by Crippen LogP contribution is 2.28. The molecule has 0 bridgehead atoms. The molecule has 0 fully saturated rings. The lowest BCUT2D eigenvalue weighted by molar-refractivity contribution is 1.09. The van der Waals surface area contributed by atoms with Gasteiger partial charge in [-0.3, -0.25) is 10.1 Å². The number of aryl methyl sites for hydroxylation is 1. The zero-order valence-corrected chi connectivity index (χ0v) is 12.5. The van der Waals surface area contributed by atoms with Gasteiger partial charge in [-0.05, 0) is 42.8 Å². The second-order valence-electron chi connectivity index (χ2n) is 5.32. The van der Waals surface area contributed by atoms with E-state index < -0.39 is 0 Å². The third-order valence-corrected chi connectivity index (χ3v) is 3.77. The van der Waals surface area contributed by atoms with Gasteiger partial charge in [-0.1, -0.05) is 0 Å². The van der Waals surface area contributed by atoms with E-state index in [4.69, 9.17) is 5.73 Å². The first-order valence-corrected chi connectivity index (χ1v) is 7.20. The van der Waals surface area contributed by atoms with Crippen LogP contribution in [0.15, 0.2) is 48.9 Å². The van der Waals surface area contributed by atoms with E-state index in [0.29, 0.717) is 11.2 Å². The summed E-state index contributed by atoms with van der Waals surface area (Å²) in [6, 6.07) is 9.49. The number of nitrogens with one attached hydrogen (secondary N) is 1. The fourth-order valence-electron chi connectivity index (χ4n) is 2.55. The van der Waals surface area contributed by atoms with Crippen LogP contribution in [0, 0.1) is 6.92 Å². The number of nitrogens with zero attached hydrogens (tertiary/aromatic N) is 4. The zero-order chi connectivity index (χ0) is 15.8. The maximum absolute atomic E-state index is 6.22. The van der Waals surface area contributed by atoms with E-state index in [9.17, 15) is 0 Å². The van der Waals surface area contributed by atoms with Crippen LogP contribution in [0.25, 0.3) is 33.7 Å². The smallest absolute Gasteiger partial charge is 0.112 e. The molecule has 0 atom stereocenters. The number of aromatic amines is 1. The van der Waals surface area contributed by atoms with Gasteiger partial charge in [0.05, 0.1) is 28.3 Å². The van der Waals surface area contributed by atoms with Crippen molar-refractivity contribution in [2.45, 2.75) is 6.92 Å². The summed E-state index contributed by atoms with van der Waals surface area (Å²) in [7, 11) is 0. The molecule has 0 radical (unpaired) electrons. The van der Waals surface area contributed by atoms with E-state index in [2.05, 4.69) is 25.1 Å². The number of hydrogen-bond acceptors (Lipinski definition) is 5. The van der Waals surface area contributed by atoms with Gasteiger partial charge < -0.3 is 5.73 Å². The van der Waals surface area contributed by atoms with Crippen LogP contribution in [0.1, 0.15) is 5.56 Å². The molecule has 0 saturated carbocycles. The highest BCUT2D eigenvalue weighted by molar-refractivity contribution is 5.90. The first kappa shape index (κ1) is 13.4. The maximum Gasteiger partial charge on any atom is 0.112 e. The van der Waals surface area contributed by atoms with Crippen molar-refractivity contribution < 1.29 is 0 Å². The molecule has 0 spiro atoms. The summed E-state index contributed by atoms with van der Waals surface area (Å²) in [5.74, 6) is 0. The van der Waals surface area contributed by atoms with Crippen LogP contribution in [-0.2, 0) is 0 Å². The fraction of sp³-hybridized carbons (Fsp3) is 0.0588. The lowest BCUT2D eigenvalue weighted by atomic mass is 10.1. The Bertz CT molecular complexity index is 991. The summed E-state index contributed by atoms with van der Waals surface area (Å²) in [5.41, 5.74) is 12.8. The van der Waals surface area contributed by atoms with E-state index in [1.54, 1.807) is 18.6 Å². The summed E-state index contributed by atoms with van der Waals surface area (Å²) in [4.78, 5) is 13.5. The number of H-pyrrole nitrogens is 1. The van der Waals surface area contributed by atoms with Crippen molar-refractivity contribution in [2.24, 2.45) is 0 Å². The van der Waals surface area contributed by atoms with Gasteiger partial charge in [0.2, 0.25) is 0 Å². The van der Waals surface area contributed by atoms with Crippen LogP contribution in [0.3, 0.4) is 0 Å². The number of nitrogens with two attached hydrogens (primary N) is 1. The van der Waals surface area contributed by atoms with Gasteiger partial charge in [0.1, 0.15) is 5.52 Å². The molecule has 6 nitrogen and oxygen atoms in total. The van der Waals surface area contributed by atoms with Crippen molar-refractivity contribution in [2.75, 3.05) is 5.73 Å². The van der Waals surface area contributed by atoms with Crippen molar-refractivity contribution in [1.82, 2.24) is 25.1 Å². The van der Waals surface area contributed by atoms with Crippen LogP contribution in [0.2, 0.25) is 0 Å². The monoisotopic (exact) mass is 302 g/mol. The number of aromatic nitrogens is 5. The first-order valence-electron chi connectivity index (χ1n) is 7.20. The second kappa shape index (κ2) is 5.17. The SMILES string of the molecule is Cc1ccncc1-c1cc(N)c2nc(-c3ccn[nH]3)ccc2n1. The van der Waals surface area contributed by atoms with Gasteiger partial charge in [0.15, 0.2) is 0 Å². The number of nitrogen functional groups attached to an aromatic ring is 1. The molecule has 0 aliphatic carbocycles. The van der Waals surface area contributed by atoms with Crippen LogP contribution in [0.5, 0.6) is 0 Å². The number of pyridine rings is 3. The number of anilines is 1. The summed E-state index contributed by atoms with van der Waals surface area (Å²) in [6.07, 6.45) is 5.26. The van der Waals surface area contributed by atoms with E-state index in [1.807, 2.05) is 37.3 Å². The minimum absolute atomic E-state index is 0.592. The maximum atomic E-state index is 6.22. The van der Waals surface area contributed by atoms with Gasteiger partial charge in [0.25, 0.3) is 0 Å². The van der Waals surface area contributed by atoms with Crippen LogP contribution >= 0.6 is 0 Å². The molecule has 4 rings (SSSR count). The van der Waals surface area contributed by atoms with Gasteiger partial charge >= 0.3 is 0 Å². The molecule has 6 heteroatoms. The minimum Gasteiger partial charge on any atom is -0.397 e.